The molecule has 2 aliphatic heterocycles. The molecule has 0 aliphatic carbocycles. The van der Waals surface area contributed by atoms with Crippen molar-refractivity contribution in [3.05, 3.63) is 71.3 Å². The monoisotopic (exact) mass is 496 g/mol. The maximum absolute atomic E-state index is 13.3. The van der Waals surface area contributed by atoms with Crippen molar-refractivity contribution < 1.29 is 13.9 Å². The van der Waals surface area contributed by atoms with E-state index in [2.05, 4.69) is 37.9 Å². The molecule has 0 saturated carbocycles. The number of hydrogen-bond acceptors (Lipinski definition) is 6. The third-order valence-corrected chi connectivity index (χ3v) is 7.97. The van der Waals surface area contributed by atoms with E-state index in [9.17, 15) is 4.39 Å². The van der Waals surface area contributed by atoms with E-state index in [1.165, 1.54) is 17.7 Å². The number of nitrogens with zero attached hydrogens (tertiary/aromatic N) is 4. The van der Waals surface area contributed by atoms with Gasteiger partial charge in [0, 0.05) is 24.8 Å². The Bertz CT molecular complexity index is 1090. The van der Waals surface area contributed by atoms with Gasteiger partial charge in [-0.15, -0.1) is 10.2 Å². The summed E-state index contributed by atoms with van der Waals surface area (Å²) in [6.07, 6.45) is 4.55. The van der Waals surface area contributed by atoms with Crippen LogP contribution in [-0.4, -0.2) is 52.6 Å². The van der Waals surface area contributed by atoms with Crippen molar-refractivity contribution in [1.82, 2.24) is 19.7 Å². The second-order valence-corrected chi connectivity index (χ2v) is 10.3. The predicted molar refractivity (Wildman–Crippen MR) is 135 cm³/mol. The molecule has 0 bridgehead atoms. The van der Waals surface area contributed by atoms with E-state index in [-0.39, 0.29) is 11.9 Å². The molecule has 0 spiro atoms. The molecule has 2 aromatic carbocycles. The first-order chi connectivity index (χ1) is 17.2. The van der Waals surface area contributed by atoms with Crippen LogP contribution in [0.25, 0.3) is 0 Å². The largest absolute Gasteiger partial charge is 0.497 e. The zero-order valence-electron chi connectivity index (χ0n) is 20.2. The number of thioether (sulfide) groups is 1. The van der Waals surface area contributed by atoms with E-state index in [0.29, 0.717) is 5.92 Å². The Labute approximate surface area is 210 Å². The standard InChI is InChI=1S/C27H33FN4O2S/c1-33-24-5-2-4-21(16-24)17-31-13-11-22(12-14-31)26-29-30-27(32(26)18-25-6-3-15-34-25)35-19-20-7-9-23(28)10-8-20/h2,4-5,7-10,16,22,25H,3,6,11-15,17-19H2,1H3. The summed E-state index contributed by atoms with van der Waals surface area (Å²) < 4.78 is 26.9. The van der Waals surface area contributed by atoms with Gasteiger partial charge in [-0.3, -0.25) is 4.90 Å². The van der Waals surface area contributed by atoms with Crippen LogP contribution in [0, 0.1) is 5.82 Å². The van der Waals surface area contributed by atoms with Crippen LogP contribution in [0.15, 0.2) is 53.7 Å². The normalized spacial score (nSPS) is 19.3. The second kappa shape index (κ2) is 11.5. The maximum Gasteiger partial charge on any atom is 0.191 e. The third kappa shape index (κ3) is 6.23. The van der Waals surface area contributed by atoms with Gasteiger partial charge in [-0.25, -0.2) is 4.39 Å². The lowest BCUT2D eigenvalue weighted by atomic mass is 9.95. The average Bonchev–Trinajstić information content (AvgIpc) is 3.55. The zero-order chi connectivity index (χ0) is 24.0. The van der Waals surface area contributed by atoms with Crippen molar-refractivity contribution in [2.24, 2.45) is 0 Å². The minimum atomic E-state index is -0.208. The van der Waals surface area contributed by atoms with Crippen molar-refractivity contribution >= 4 is 11.8 Å². The molecule has 2 aliphatic rings. The lowest BCUT2D eigenvalue weighted by Crippen LogP contribution is -2.33. The fraction of sp³-hybridized carbons (Fsp3) is 0.481. The first-order valence-corrected chi connectivity index (χ1v) is 13.4. The van der Waals surface area contributed by atoms with E-state index in [0.717, 1.165) is 86.5 Å². The fourth-order valence-corrected chi connectivity index (χ4v) is 5.89. The van der Waals surface area contributed by atoms with Crippen LogP contribution in [0.2, 0.25) is 0 Å². The molecule has 2 saturated heterocycles. The van der Waals surface area contributed by atoms with Crippen LogP contribution in [-0.2, 0) is 23.6 Å². The van der Waals surface area contributed by atoms with Gasteiger partial charge < -0.3 is 14.0 Å². The molecule has 5 rings (SSSR count). The van der Waals surface area contributed by atoms with E-state index >= 15 is 0 Å². The highest BCUT2D eigenvalue weighted by Crippen LogP contribution is 2.32. The molecular weight excluding hydrogens is 463 g/mol. The van der Waals surface area contributed by atoms with Gasteiger partial charge in [-0.2, -0.15) is 0 Å². The number of piperidine rings is 1. The summed E-state index contributed by atoms with van der Waals surface area (Å²) in [5, 5.41) is 10.2. The molecule has 0 radical (unpaired) electrons. The Morgan fingerprint density at radius 3 is 2.63 bits per heavy atom. The van der Waals surface area contributed by atoms with Crippen LogP contribution in [0.3, 0.4) is 0 Å². The fourth-order valence-electron chi connectivity index (χ4n) is 4.98. The highest BCUT2D eigenvalue weighted by Gasteiger charge is 2.28. The molecule has 3 aromatic rings. The molecular formula is C27H33FN4O2S. The summed E-state index contributed by atoms with van der Waals surface area (Å²) in [6.45, 7) is 4.64. The maximum atomic E-state index is 13.3. The third-order valence-electron chi connectivity index (χ3n) is 6.93. The topological polar surface area (TPSA) is 52.4 Å². The molecule has 186 valence electrons. The van der Waals surface area contributed by atoms with Crippen molar-refractivity contribution in [2.45, 2.75) is 61.7 Å². The van der Waals surface area contributed by atoms with Gasteiger partial charge in [-0.05, 0) is 74.2 Å². The molecule has 0 amide bonds. The van der Waals surface area contributed by atoms with E-state index < -0.39 is 0 Å². The number of methoxy groups -OCH3 is 1. The summed E-state index contributed by atoms with van der Waals surface area (Å²) in [6, 6.07) is 15.0. The number of halogens is 1. The van der Waals surface area contributed by atoms with Crippen LogP contribution in [0.5, 0.6) is 5.75 Å². The quantitative estimate of drug-likeness (QED) is 0.376. The second-order valence-electron chi connectivity index (χ2n) is 9.40. The first-order valence-electron chi connectivity index (χ1n) is 12.4. The summed E-state index contributed by atoms with van der Waals surface area (Å²) in [7, 11) is 1.71. The number of aromatic nitrogens is 3. The van der Waals surface area contributed by atoms with E-state index in [4.69, 9.17) is 9.47 Å². The molecule has 2 fully saturated rings. The van der Waals surface area contributed by atoms with Gasteiger partial charge in [0.2, 0.25) is 0 Å². The Balaban J connectivity index is 1.25. The molecule has 1 aromatic heterocycles. The molecule has 1 atom stereocenters. The Hall–Kier alpha value is -2.42. The van der Waals surface area contributed by atoms with Gasteiger partial charge in [0.15, 0.2) is 5.16 Å². The molecule has 0 N–H and O–H groups in total. The van der Waals surface area contributed by atoms with Gasteiger partial charge in [0.25, 0.3) is 0 Å². The summed E-state index contributed by atoms with van der Waals surface area (Å²) in [5.41, 5.74) is 2.36. The van der Waals surface area contributed by atoms with E-state index in [1.54, 1.807) is 18.9 Å². The molecule has 6 nitrogen and oxygen atoms in total. The Morgan fingerprint density at radius 1 is 1.06 bits per heavy atom. The highest BCUT2D eigenvalue weighted by molar-refractivity contribution is 7.98. The summed E-state index contributed by atoms with van der Waals surface area (Å²) >= 11 is 1.67. The molecule has 35 heavy (non-hydrogen) atoms. The first kappa shape index (κ1) is 24.3. The van der Waals surface area contributed by atoms with Crippen LogP contribution < -0.4 is 4.74 Å². The Kier molecular flexibility index (Phi) is 8.01. The Morgan fingerprint density at radius 2 is 1.89 bits per heavy atom. The number of rotatable bonds is 9. The minimum absolute atomic E-state index is 0.208. The molecule has 3 heterocycles. The number of ether oxygens (including phenoxy) is 2. The van der Waals surface area contributed by atoms with Gasteiger partial charge >= 0.3 is 0 Å². The minimum Gasteiger partial charge on any atom is -0.497 e. The molecule has 1 unspecified atom stereocenters. The average molecular weight is 497 g/mol. The van der Waals surface area contributed by atoms with Gasteiger partial charge in [0.1, 0.15) is 17.4 Å². The number of benzene rings is 2. The lowest BCUT2D eigenvalue weighted by molar-refractivity contribution is 0.0931. The SMILES string of the molecule is COc1cccc(CN2CCC(c3nnc(SCc4ccc(F)cc4)n3CC3CCCO3)CC2)c1. The van der Waals surface area contributed by atoms with Crippen LogP contribution >= 0.6 is 11.8 Å². The van der Waals surface area contributed by atoms with E-state index in [1.807, 2.05) is 18.2 Å². The zero-order valence-corrected chi connectivity index (χ0v) is 21.1. The van der Waals surface area contributed by atoms with Crippen molar-refractivity contribution in [3.8, 4) is 5.75 Å². The van der Waals surface area contributed by atoms with Crippen molar-refractivity contribution in [1.29, 1.82) is 0 Å². The van der Waals surface area contributed by atoms with Crippen LogP contribution in [0.4, 0.5) is 4.39 Å². The van der Waals surface area contributed by atoms with Crippen molar-refractivity contribution in [3.63, 3.8) is 0 Å². The number of hydrogen-bond donors (Lipinski definition) is 0. The van der Waals surface area contributed by atoms with Crippen LogP contribution in [0.1, 0.15) is 48.6 Å². The predicted octanol–water partition coefficient (Wildman–Crippen LogP) is 5.28. The van der Waals surface area contributed by atoms with Gasteiger partial charge in [-0.1, -0.05) is 36.0 Å². The summed E-state index contributed by atoms with van der Waals surface area (Å²) in [5.74, 6) is 2.92. The highest BCUT2D eigenvalue weighted by atomic mass is 32.2. The summed E-state index contributed by atoms with van der Waals surface area (Å²) in [4.78, 5) is 2.51. The smallest absolute Gasteiger partial charge is 0.191 e. The number of likely N-dealkylation sites (tertiary alicyclic amines) is 1. The molecule has 8 heteroatoms. The lowest BCUT2D eigenvalue weighted by Gasteiger charge is -2.32. The van der Waals surface area contributed by atoms with Crippen molar-refractivity contribution in [2.75, 3.05) is 26.8 Å². The van der Waals surface area contributed by atoms with Gasteiger partial charge in [0.05, 0.1) is 19.8 Å².